The second-order valence-corrected chi connectivity index (χ2v) is 6.51. The van der Waals surface area contributed by atoms with Crippen LogP contribution in [0.2, 0.25) is 0 Å². The highest BCUT2D eigenvalue weighted by Crippen LogP contribution is 2.42. The highest BCUT2D eigenvalue weighted by Gasteiger charge is 2.27. The average molecular weight is 360 g/mol. The van der Waals surface area contributed by atoms with Crippen molar-refractivity contribution in [1.29, 1.82) is 0 Å². The Kier molecular flexibility index (Phi) is 5.05. The van der Waals surface area contributed by atoms with Crippen LogP contribution < -0.4 is 9.47 Å². The third kappa shape index (κ3) is 3.40. The number of benzene rings is 1. The van der Waals surface area contributed by atoms with Crippen LogP contribution in [0.3, 0.4) is 0 Å². The van der Waals surface area contributed by atoms with E-state index in [4.69, 9.17) is 14.2 Å². The molecule has 1 aromatic rings. The van der Waals surface area contributed by atoms with Crippen LogP contribution in [-0.2, 0) is 4.74 Å². The first kappa shape index (κ1) is 17.3. The first-order valence-electron chi connectivity index (χ1n) is 8.94. The first-order valence-corrected chi connectivity index (χ1v) is 8.94. The molecule has 0 aromatic heterocycles. The van der Waals surface area contributed by atoms with Gasteiger partial charge < -0.3 is 24.2 Å². The van der Waals surface area contributed by atoms with Crippen LogP contribution in [0.5, 0.6) is 11.5 Å². The SMILES string of the molecule is COc1c(OC[C@@H](O)CN2CCOCC2)ccc2c1N=CN1CCN=C21. The molecule has 0 radical (unpaired) electrons. The molecule has 0 aliphatic carbocycles. The van der Waals surface area contributed by atoms with E-state index in [1.54, 1.807) is 13.4 Å². The molecule has 1 aromatic carbocycles. The molecule has 26 heavy (non-hydrogen) atoms. The number of nitrogens with zero attached hydrogens (tertiary/aromatic N) is 4. The quantitative estimate of drug-likeness (QED) is 0.796. The smallest absolute Gasteiger partial charge is 0.187 e. The minimum absolute atomic E-state index is 0.198. The van der Waals surface area contributed by atoms with E-state index in [-0.39, 0.29) is 6.61 Å². The fraction of sp³-hybridized carbons (Fsp3) is 0.556. The number of rotatable bonds is 6. The average Bonchev–Trinajstić information content (AvgIpc) is 3.15. The molecule has 1 atom stereocenters. The van der Waals surface area contributed by atoms with Gasteiger partial charge in [0.1, 0.15) is 24.2 Å². The van der Waals surface area contributed by atoms with Crippen molar-refractivity contribution < 1.29 is 19.3 Å². The predicted molar refractivity (Wildman–Crippen MR) is 98.0 cm³/mol. The van der Waals surface area contributed by atoms with E-state index in [9.17, 15) is 5.11 Å². The Morgan fingerprint density at radius 3 is 2.92 bits per heavy atom. The highest BCUT2D eigenvalue weighted by molar-refractivity contribution is 6.12. The maximum absolute atomic E-state index is 10.3. The van der Waals surface area contributed by atoms with Gasteiger partial charge in [0.15, 0.2) is 11.5 Å². The molecule has 3 aliphatic heterocycles. The number of morpholine rings is 1. The Balaban J connectivity index is 1.45. The second-order valence-electron chi connectivity index (χ2n) is 6.51. The van der Waals surface area contributed by atoms with Crippen molar-refractivity contribution in [3.63, 3.8) is 0 Å². The summed E-state index contributed by atoms with van der Waals surface area (Å²) >= 11 is 0. The molecule has 140 valence electrons. The number of aliphatic imine (C=N–C) groups is 2. The Bertz CT molecular complexity index is 715. The summed E-state index contributed by atoms with van der Waals surface area (Å²) in [5.41, 5.74) is 1.67. The van der Waals surface area contributed by atoms with E-state index in [2.05, 4.69) is 14.9 Å². The minimum Gasteiger partial charge on any atom is -0.491 e. The number of methoxy groups -OCH3 is 1. The van der Waals surface area contributed by atoms with Crippen molar-refractivity contribution in [3.8, 4) is 11.5 Å². The third-order valence-corrected chi connectivity index (χ3v) is 4.75. The Morgan fingerprint density at radius 2 is 2.12 bits per heavy atom. The summed E-state index contributed by atoms with van der Waals surface area (Å²) in [6.07, 6.45) is 1.21. The topological polar surface area (TPSA) is 79.1 Å². The van der Waals surface area contributed by atoms with Gasteiger partial charge in [-0.25, -0.2) is 4.99 Å². The van der Waals surface area contributed by atoms with Crippen molar-refractivity contribution in [1.82, 2.24) is 9.80 Å². The van der Waals surface area contributed by atoms with Crippen LogP contribution in [0, 0.1) is 0 Å². The number of aliphatic hydroxyl groups excluding tert-OH is 1. The number of amidine groups is 1. The van der Waals surface area contributed by atoms with Crippen molar-refractivity contribution in [3.05, 3.63) is 17.7 Å². The number of hydrogen-bond acceptors (Lipinski definition) is 8. The minimum atomic E-state index is -0.577. The molecule has 0 spiro atoms. The van der Waals surface area contributed by atoms with Gasteiger partial charge in [-0.3, -0.25) is 9.89 Å². The van der Waals surface area contributed by atoms with Crippen LogP contribution in [0.15, 0.2) is 22.1 Å². The fourth-order valence-corrected chi connectivity index (χ4v) is 3.43. The summed E-state index contributed by atoms with van der Waals surface area (Å²) in [4.78, 5) is 13.3. The molecule has 8 heteroatoms. The van der Waals surface area contributed by atoms with Crippen molar-refractivity contribution in [2.24, 2.45) is 9.98 Å². The van der Waals surface area contributed by atoms with Gasteiger partial charge in [-0.1, -0.05) is 0 Å². The molecule has 3 heterocycles. The molecule has 0 saturated carbocycles. The van der Waals surface area contributed by atoms with E-state index in [0.29, 0.717) is 31.3 Å². The van der Waals surface area contributed by atoms with Gasteiger partial charge in [0, 0.05) is 31.7 Å². The van der Waals surface area contributed by atoms with Crippen LogP contribution in [0.1, 0.15) is 5.56 Å². The summed E-state index contributed by atoms with van der Waals surface area (Å²) in [7, 11) is 1.60. The summed E-state index contributed by atoms with van der Waals surface area (Å²) < 4.78 is 16.7. The van der Waals surface area contributed by atoms with Crippen LogP contribution in [0.25, 0.3) is 0 Å². The molecule has 3 aliphatic rings. The molecule has 0 bridgehead atoms. The van der Waals surface area contributed by atoms with Crippen molar-refractivity contribution in [2.75, 3.05) is 59.7 Å². The third-order valence-electron chi connectivity index (χ3n) is 4.75. The molecular weight excluding hydrogens is 336 g/mol. The predicted octanol–water partition coefficient (Wildman–Crippen LogP) is 0.503. The lowest BCUT2D eigenvalue weighted by molar-refractivity contribution is 0.00446. The number of aliphatic hydroxyl groups is 1. The van der Waals surface area contributed by atoms with Crippen molar-refractivity contribution >= 4 is 17.9 Å². The molecule has 1 saturated heterocycles. The summed E-state index contributed by atoms with van der Waals surface area (Å²) in [5, 5.41) is 10.3. The van der Waals surface area contributed by atoms with Gasteiger partial charge in [0.05, 0.1) is 33.2 Å². The zero-order valence-electron chi connectivity index (χ0n) is 14.9. The fourth-order valence-electron chi connectivity index (χ4n) is 3.43. The largest absolute Gasteiger partial charge is 0.491 e. The number of β-amino-alcohol motifs (C(OH)–C–C–N with tert-alkyl or cyclic N) is 1. The van der Waals surface area contributed by atoms with Gasteiger partial charge in [-0.05, 0) is 12.1 Å². The lowest BCUT2D eigenvalue weighted by Gasteiger charge is -2.28. The van der Waals surface area contributed by atoms with E-state index in [0.717, 1.165) is 43.3 Å². The van der Waals surface area contributed by atoms with Crippen LogP contribution in [-0.4, -0.2) is 92.8 Å². The molecule has 1 fully saturated rings. The summed E-state index contributed by atoms with van der Waals surface area (Å²) in [5.74, 6) is 2.08. The van der Waals surface area contributed by atoms with Crippen LogP contribution >= 0.6 is 0 Å². The van der Waals surface area contributed by atoms with E-state index < -0.39 is 6.10 Å². The molecular formula is C18H24N4O4. The van der Waals surface area contributed by atoms with Crippen LogP contribution in [0.4, 0.5) is 5.69 Å². The second kappa shape index (κ2) is 7.61. The summed E-state index contributed by atoms with van der Waals surface area (Å²) in [6.45, 7) is 5.50. The molecule has 8 nitrogen and oxygen atoms in total. The van der Waals surface area contributed by atoms with Gasteiger partial charge in [-0.2, -0.15) is 0 Å². The van der Waals surface area contributed by atoms with Crippen molar-refractivity contribution in [2.45, 2.75) is 6.10 Å². The van der Waals surface area contributed by atoms with Gasteiger partial charge in [0.25, 0.3) is 0 Å². The first-order chi connectivity index (χ1) is 12.8. The van der Waals surface area contributed by atoms with E-state index >= 15 is 0 Å². The van der Waals surface area contributed by atoms with Gasteiger partial charge >= 0.3 is 0 Å². The Labute approximate surface area is 152 Å². The van der Waals surface area contributed by atoms with Gasteiger partial charge in [0.2, 0.25) is 0 Å². The number of hydrogen-bond donors (Lipinski definition) is 1. The maximum Gasteiger partial charge on any atom is 0.187 e. The van der Waals surface area contributed by atoms with Gasteiger partial charge in [-0.15, -0.1) is 0 Å². The maximum atomic E-state index is 10.3. The monoisotopic (exact) mass is 360 g/mol. The molecule has 0 amide bonds. The zero-order valence-corrected chi connectivity index (χ0v) is 14.9. The lowest BCUT2D eigenvalue weighted by atomic mass is 10.1. The normalized spacial score (nSPS) is 20.4. The highest BCUT2D eigenvalue weighted by atomic mass is 16.5. The van der Waals surface area contributed by atoms with E-state index in [1.165, 1.54) is 0 Å². The standard InChI is InChI=1S/C18H24N4O4/c1-24-17-15(26-11-13(23)10-21-6-8-25-9-7-21)3-2-14-16(17)20-12-22-5-4-19-18(14)22/h2-3,12-13,23H,4-11H2,1H3/t13-/m0/s1. The summed E-state index contributed by atoms with van der Waals surface area (Å²) in [6, 6.07) is 3.81. The zero-order chi connectivity index (χ0) is 17.9. The Hall–Kier alpha value is -2.16. The van der Waals surface area contributed by atoms with E-state index in [1.807, 2.05) is 17.0 Å². The number of ether oxygens (including phenoxy) is 3. The molecule has 4 rings (SSSR count). The Morgan fingerprint density at radius 1 is 1.27 bits per heavy atom. The lowest BCUT2D eigenvalue weighted by Crippen LogP contribution is -2.42. The number of fused-ring (bicyclic) bond motifs is 3. The molecule has 0 unspecified atom stereocenters. The molecule has 1 N–H and O–H groups in total.